The van der Waals surface area contributed by atoms with E-state index in [0.717, 1.165) is 11.1 Å². The number of aliphatic hydroxyl groups is 2. The summed E-state index contributed by atoms with van der Waals surface area (Å²) in [5, 5.41) is 19.1. The van der Waals surface area contributed by atoms with Crippen LogP contribution in [0, 0.1) is 6.92 Å². The monoisotopic (exact) mass is 529 g/mol. The van der Waals surface area contributed by atoms with Crippen molar-refractivity contribution in [3.05, 3.63) is 75.8 Å². The number of para-hydroxylation sites is 1. The molecule has 3 aromatic carbocycles. The number of carbonyl (C=O) groups is 4. The molecule has 0 aliphatic carbocycles. The van der Waals surface area contributed by atoms with Crippen molar-refractivity contribution in [3.8, 4) is 0 Å². The first-order chi connectivity index (χ1) is 18.8. The Labute approximate surface area is 226 Å². The zero-order valence-corrected chi connectivity index (χ0v) is 22.1. The van der Waals surface area contributed by atoms with Gasteiger partial charge in [-0.15, -0.1) is 0 Å². The quantitative estimate of drug-likeness (QED) is 0.388. The molecule has 0 saturated carbocycles. The molecule has 2 aliphatic heterocycles. The molecule has 0 fully saturated rings. The van der Waals surface area contributed by atoms with Crippen molar-refractivity contribution < 1.29 is 29.4 Å². The van der Waals surface area contributed by atoms with Gasteiger partial charge in [-0.1, -0.05) is 25.1 Å². The summed E-state index contributed by atoms with van der Waals surface area (Å²) in [4.78, 5) is 58.8. The molecule has 0 unspecified atom stereocenters. The fourth-order valence-electron chi connectivity index (χ4n) is 5.73. The van der Waals surface area contributed by atoms with Gasteiger partial charge in [-0.3, -0.25) is 29.0 Å². The van der Waals surface area contributed by atoms with Gasteiger partial charge in [-0.2, -0.15) is 0 Å². The van der Waals surface area contributed by atoms with E-state index < -0.39 is 23.6 Å². The lowest BCUT2D eigenvalue weighted by Gasteiger charge is -2.33. The molecule has 0 saturated heterocycles. The fourth-order valence-corrected chi connectivity index (χ4v) is 5.73. The highest BCUT2D eigenvalue weighted by Crippen LogP contribution is 2.40. The third kappa shape index (κ3) is 4.32. The Bertz CT molecular complexity index is 1440. The van der Waals surface area contributed by atoms with E-state index >= 15 is 0 Å². The Kier molecular flexibility index (Phi) is 7.31. The Morgan fingerprint density at radius 1 is 0.718 bits per heavy atom. The van der Waals surface area contributed by atoms with Crippen molar-refractivity contribution >= 4 is 40.1 Å². The lowest BCUT2D eigenvalue weighted by Crippen LogP contribution is -2.44. The van der Waals surface area contributed by atoms with Gasteiger partial charge in [-0.05, 0) is 55.2 Å². The van der Waals surface area contributed by atoms with Crippen molar-refractivity contribution in [1.29, 1.82) is 0 Å². The van der Waals surface area contributed by atoms with E-state index in [1.54, 1.807) is 24.3 Å². The number of benzene rings is 3. The maximum atomic E-state index is 13.8. The lowest BCUT2D eigenvalue weighted by atomic mass is 9.85. The van der Waals surface area contributed by atoms with Gasteiger partial charge < -0.3 is 10.2 Å². The van der Waals surface area contributed by atoms with Gasteiger partial charge in [0.2, 0.25) is 0 Å². The van der Waals surface area contributed by atoms with E-state index in [2.05, 4.69) is 0 Å². The number of carbonyl (C=O) groups excluding carboxylic acids is 4. The average Bonchev–Trinajstić information content (AvgIpc) is 2.93. The molecule has 202 valence electrons. The molecule has 0 atom stereocenters. The second kappa shape index (κ2) is 10.7. The molecule has 39 heavy (non-hydrogen) atoms. The Morgan fingerprint density at radius 3 is 1.72 bits per heavy atom. The van der Waals surface area contributed by atoms with E-state index in [1.165, 1.54) is 9.80 Å². The molecule has 2 heterocycles. The normalized spacial score (nSPS) is 14.8. The lowest BCUT2D eigenvalue weighted by molar-refractivity contribution is 0.0598. The van der Waals surface area contributed by atoms with Gasteiger partial charge in [0.15, 0.2) is 0 Å². The van der Waals surface area contributed by atoms with Crippen LogP contribution in [0.3, 0.4) is 0 Å². The number of amides is 4. The summed E-state index contributed by atoms with van der Waals surface area (Å²) in [6, 6.07) is 12.0. The SMILES string of the molecule is CCc1cccc(C)c1N1C(=O)c2ccc3c4c(ccc(c24)C1=O)C(=O)N(CCCN(CCO)CCO)C3=O. The number of rotatable bonds is 10. The molecule has 2 aliphatic rings. The number of imide groups is 2. The summed E-state index contributed by atoms with van der Waals surface area (Å²) < 4.78 is 0. The zero-order valence-electron chi connectivity index (χ0n) is 22.1. The minimum Gasteiger partial charge on any atom is -0.395 e. The van der Waals surface area contributed by atoms with Crippen molar-refractivity contribution in [2.75, 3.05) is 44.3 Å². The maximum Gasteiger partial charge on any atom is 0.266 e. The van der Waals surface area contributed by atoms with Crippen LogP contribution in [-0.4, -0.2) is 83.0 Å². The van der Waals surface area contributed by atoms with Crippen LogP contribution in [0.1, 0.15) is 65.9 Å². The average molecular weight is 530 g/mol. The number of aryl methyl sites for hydroxylation is 2. The molecule has 0 spiro atoms. The van der Waals surface area contributed by atoms with Crippen LogP contribution in [-0.2, 0) is 6.42 Å². The van der Waals surface area contributed by atoms with Crippen molar-refractivity contribution in [3.63, 3.8) is 0 Å². The summed E-state index contributed by atoms with van der Waals surface area (Å²) in [7, 11) is 0. The van der Waals surface area contributed by atoms with Crippen LogP contribution in [0.15, 0.2) is 42.5 Å². The van der Waals surface area contributed by atoms with Gasteiger partial charge in [0.25, 0.3) is 23.6 Å². The summed E-state index contributed by atoms with van der Waals surface area (Å²) in [5.41, 5.74) is 3.40. The van der Waals surface area contributed by atoms with Gasteiger partial charge >= 0.3 is 0 Å². The second-order valence-corrected chi connectivity index (χ2v) is 9.86. The number of aliphatic hydroxyl groups excluding tert-OH is 2. The Morgan fingerprint density at radius 2 is 1.23 bits per heavy atom. The first-order valence-corrected chi connectivity index (χ1v) is 13.2. The molecular weight excluding hydrogens is 498 g/mol. The van der Waals surface area contributed by atoms with Crippen LogP contribution in [0.2, 0.25) is 0 Å². The summed E-state index contributed by atoms with van der Waals surface area (Å²) >= 11 is 0. The first kappa shape index (κ1) is 26.7. The smallest absolute Gasteiger partial charge is 0.266 e. The Balaban J connectivity index is 1.52. The summed E-state index contributed by atoms with van der Waals surface area (Å²) in [6.45, 7) is 5.15. The second-order valence-electron chi connectivity index (χ2n) is 9.86. The van der Waals surface area contributed by atoms with Gasteiger partial charge in [0, 0.05) is 59.2 Å². The van der Waals surface area contributed by atoms with Gasteiger partial charge in [-0.25, -0.2) is 4.90 Å². The predicted octanol–water partition coefficient (Wildman–Crippen LogP) is 2.78. The summed E-state index contributed by atoms with van der Waals surface area (Å²) in [6.07, 6.45) is 1.11. The molecule has 0 bridgehead atoms. The molecule has 9 nitrogen and oxygen atoms in total. The van der Waals surface area contributed by atoms with Crippen LogP contribution >= 0.6 is 0 Å². The molecule has 0 aromatic heterocycles. The molecular formula is C30H31N3O6. The minimum atomic E-state index is -0.476. The highest BCUT2D eigenvalue weighted by molar-refractivity contribution is 6.39. The standard InChI is InChI=1S/C30H31N3O6/c1-3-19-7-4-6-18(2)26(19)33-29(38)22-10-8-20-24-21(9-11-23(25(22)24)30(33)39)28(37)32(27(20)36)13-5-12-31(14-16-34)15-17-35/h4,6-11,34-35H,3,5,12-17H2,1-2H3. The molecule has 2 N–H and O–H groups in total. The molecule has 0 radical (unpaired) electrons. The number of nitrogens with zero attached hydrogens (tertiary/aromatic N) is 3. The largest absolute Gasteiger partial charge is 0.395 e. The minimum absolute atomic E-state index is 0.0555. The van der Waals surface area contributed by atoms with Crippen LogP contribution < -0.4 is 4.90 Å². The highest BCUT2D eigenvalue weighted by atomic mass is 16.3. The summed E-state index contributed by atoms with van der Waals surface area (Å²) in [5.74, 6) is -1.89. The Hall–Kier alpha value is -3.92. The van der Waals surface area contributed by atoms with E-state index in [-0.39, 0.29) is 42.0 Å². The van der Waals surface area contributed by atoms with E-state index in [0.29, 0.717) is 48.9 Å². The van der Waals surface area contributed by atoms with E-state index in [1.807, 2.05) is 36.9 Å². The van der Waals surface area contributed by atoms with Gasteiger partial charge in [0.1, 0.15) is 0 Å². The van der Waals surface area contributed by atoms with Crippen molar-refractivity contribution in [1.82, 2.24) is 9.80 Å². The van der Waals surface area contributed by atoms with Gasteiger partial charge in [0.05, 0.1) is 18.9 Å². The van der Waals surface area contributed by atoms with Crippen molar-refractivity contribution in [2.45, 2.75) is 26.7 Å². The number of hydrogen-bond donors (Lipinski definition) is 2. The fraction of sp³-hybridized carbons (Fsp3) is 0.333. The number of hydrogen-bond acceptors (Lipinski definition) is 7. The van der Waals surface area contributed by atoms with E-state index in [9.17, 15) is 29.4 Å². The van der Waals surface area contributed by atoms with Crippen LogP contribution in [0.25, 0.3) is 10.8 Å². The topological polar surface area (TPSA) is 118 Å². The predicted molar refractivity (Wildman–Crippen MR) is 146 cm³/mol. The molecule has 5 rings (SSSR count). The first-order valence-electron chi connectivity index (χ1n) is 13.2. The van der Waals surface area contributed by atoms with Crippen LogP contribution in [0.5, 0.6) is 0 Å². The third-order valence-corrected chi connectivity index (χ3v) is 7.59. The molecule has 3 aromatic rings. The van der Waals surface area contributed by atoms with E-state index in [4.69, 9.17) is 0 Å². The maximum absolute atomic E-state index is 13.8. The zero-order chi connectivity index (χ0) is 27.8. The number of anilines is 1. The van der Waals surface area contributed by atoms with Crippen LogP contribution in [0.4, 0.5) is 5.69 Å². The highest BCUT2D eigenvalue weighted by Gasteiger charge is 2.40. The molecule has 9 heteroatoms. The molecule has 4 amide bonds. The third-order valence-electron chi connectivity index (χ3n) is 7.59. The van der Waals surface area contributed by atoms with Crippen molar-refractivity contribution in [2.24, 2.45) is 0 Å².